The number of phenols is 1. The van der Waals surface area contributed by atoms with Gasteiger partial charge < -0.3 is 10.2 Å². The van der Waals surface area contributed by atoms with Gasteiger partial charge in [-0.25, -0.2) is 9.69 Å². The Morgan fingerprint density at radius 3 is 1.88 bits per heavy atom. The van der Waals surface area contributed by atoms with E-state index in [1.54, 1.807) is 54.6 Å². The van der Waals surface area contributed by atoms with E-state index in [9.17, 15) is 29.4 Å². The summed E-state index contributed by atoms with van der Waals surface area (Å²) in [4.78, 5) is 59.5. The van der Waals surface area contributed by atoms with Crippen molar-refractivity contribution in [2.45, 2.75) is 5.66 Å². The van der Waals surface area contributed by atoms with E-state index in [-0.39, 0.29) is 27.6 Å². The monoisotopic (exact) mass is 565 g/mol. The molecule has 9 nitrogen and oxygen atoms in total. The number of imide groups is 1. The Bertz CT molecular complexity index is 1760. The lowest BCUT2D eigenvalue weighted by Gasteiger charge is -2.39. The van der Waals surface area contributed by atoms with Crippen molar-refractivity contribution in [3.8, 4) is 5.75 Å². The largest absolute Gasteiger partial charge is 0.507 e. The Morgan fingerprint density at radius 1 is 0.707 bits per heavy atom. The molecule has 1 unspecified atom stereocenters. The molecule has 2 N–H and O–H groups in total. The maximum atomic E-state index is 14.8. The molecule has 41 heavy (non-hydrogen) atoms. The highest BCUT2D eigenvalue weighted by Gasteiger charge is 2.73. The maximum Gasteiger partial charge on any atom is 0.338 e. The molecular formula is C31H20ClN3O6. The highest BCUT2D eigenvalue weighted by molar-refractivity contribution is 6.57. The molecular weight excluding hydrogens is 546 g/mol. The van der Waals surface area contributed by atoms with Crippen molar-refractivity contribution in [1.82, 2.24) is 0 Å². The lowest BCUT2D eigenvalue weighted by molar-refractivity contribution is -0.132. The molecule has 6 rings (SSSR count). The first-order chi connectivity index (χ1) is 19.8. The maximum absolute atomic E-state index is 14.8. The standard InChI is InChI=1S/C31H20ClN3O6/c32-20-16-17-24(36)23(18-20)35-28(39)27(38)25(26(37)19-10-4-1-5-11-19)31(35)29(40)33(21-12-6-2-7-13-21)30(41)34(31)22-14-8-3-9-15-22/h1-18,36-37H/b26-25-. The minimum Gasteiger partial charge on any atom is -0.507 e. The van der Waals surface area contributed by atoms with Gasteiger partial charge in [-0.05, 0) is 42.5 Å². The van der Waals surface area contributed by atoms with Crippen molar-refractivity contribution in [3.05, 3.63) is 125 Å². The number of aromatic hydroxyl groups is 1. The van der Waals surface area contributed by atoms with Crippen molar-refractivity contribution < 1.29 is 29.4 Å². The van der Waals surface area contributed by atoms with Gasteiger partial charge >= 0.3 is 11.9 Å². The molecule has 202 valence electrons. The predicted molar refractivity (Wildman–Crippen MR) is 153 cm³/mol. The molecule has 1 spiro atoms. The molecule has 2 saturated heterocycles. The van der Waals surface area contributed by atoms with Gasteiger partial charge in [0.2, 0.25) is 5.66 Å². The van der Waals surface area contributed by atoms with Crippen LogP contribution in [0.3, 0.4) is 0 Å². The number of nitrogens with zero attached hydrogens (tertiary/aromatic N) is 3. The van der Waals surface area contributed by atoms with Gasteiger partial charge in [0.25, 0.3) is 11.7 Å². The van der Waals surface area contributed by atoms with Crippen molar-refractivity contribution in [3.63, 3.8) is 0 Å². The van der Waals surface area contributed by atoms with Gasteiger partial charge in [0.15, 0.2) is 0 Å². The van der Waals surface area contributed by atoms with Gasteiger partial charge in [0.05, 0.1) is 11.4 Å². The summed E-state index contributed by atoms with van der Waals surface area (Å²) >= 11 is 6.24. The van der Waals surface area contributed by atoms with E-state index in [4.69, 9.17) is 11.6 Å². The number of amides is 4. The zero-order valence-electron chi connectivity index (χ0n) is 21.1. The van der Waals surface area contributed by atoms with Crippen molar-refractivity contribution in [2.24, 2.45) is 0 Å². The molecule has 4 aromatic rings. The highest BCUT2D eigenvalue weighted by Crippen LogP contribution is 2.51. The van der Waals surface area contributed by atoms with Gasteiger partial charge in [0, 0.05) is 16.3 Å². The van der Waals surface area contributed by atoms with E-state index in [2.05, 4.69) is 0 Å². The Balaban J connectivity index is 1.77. The summed E-state index contributed by atoms with van der Waals surface area (Å²) in [6.07, 6.45) is 0. The number of aliphatic hydroxyl groups excluding tert-OH is 1. The molecule has 4 aromatic carbocycles. The molecule has 2 heterocycles. The number of para-hydroxylation sites is 2. The second kappa shape index (κ2) is 9.65. The molecule has 2 aliphatic heterocycles. The zero-order valence-corrected chi connectivity index (χ0v) is 21.9. The smallest absolute Gasteiger partial charge is 0.338 e. The van der Waals surface area contributed by atoms with E-state index in [0.717, 1.165) is 14.7 Å². The number of hydrogen-bond donors (Lipinski definition) is 2. The van der Waals surface area contributed by atoms with Crippen molar-refractivity contribution in [1.29, 1.82) is 0 Å². The summed E-state index contributed by atoms with van der Waals surface area (Å²) in [5.74, 6) is -4.67. The number of Topliss-reactive ketones (excluding diaryl/α,β-unsaturated/α-hetero) is 1. The summed E-state index contributed by atoms with van der Waals surface area (Å²) in [5, 5.41) is 22.6. The van der Waals surface area contributed by atoms with Crippen LogP contribution in [0.5, 0.6) is 5.75 Å². The van der Waals surface area contributed by atoms with Gasteiger partial charge in [-0.1, -0.05) is 78.3 Å². The van der Waals surface area contributed by atoms with Crippen LogP contribution in [0, 0.1) is 0 Å². The molecule has 2 fully saturated rings. The van der Waals surface area contributed by atoms with Gasteiger partial charge in [-0.15, -0.1) is 0 Å². The van der Waals surface area contributed by atoms with Crippen LogP contribution in [0.2, 0.25) is 5.02 Å². The molecule has 0 aromatic heterocycles. The van der Waals surface area contributed by atoms with Crippen molar-refractivity contribution >= 4 is 58.1 Å². The number of phenolic OH excluding ortho intramolecular Hbond substituents is 1. The number of carbonyl (C=O) groups excluding carboxylic acids is 4. The summed E-state index contributed by atoms with van der Waals surface area (Å²) in [6, 6.07) is 26.7. The molecule has 0 saturated carbocycles. The minimum absolute atomic E-state index is 0.0841. The van der Waals surface area contributed by atoms with Crippen LogP contribution in [-0.2, 0) is 14.4 Å². The topological polar surface area (TPSA) is 118 Å². The number of rotatable bonds is 4. The fourth-order valence-electron chi connectivity index (χ4n) is 5.27. The summed E-state index contributed by atoms with van der Waals surface area (Å²) < 4.78 is 0. The predicted octanol–water partition coefficient (Wildman–Crippen LogP) is 5.30. The Labute approximate surface area is 238 Å². The van der Waals surface area contributed by atoms with E-state index in [1.807, 2.05) is 0 Å². The first kappa shape index (κ1) is 25.8. The number of carbonyl (C=O) groups is 4. The van der Waals surface area contributed by atoms with Crippen LogP contribution in [0.4, 0.5) is 21.9 Å². The van der Waals surface area contributed by atoms with Crippen LogP contribution in [0.25, 0.3) is 5.76 Å². The molecule has 4 amide bonds. The number of benzene rings is 4. The molecule has 2 aliphatic rings. The van der Waals surface area contributed by atoms with E-state index >= 15 is 0 Å². The van der Waals surface area contributed by atoms with E-state index in [0.29, 0.717) is 0 Å². The Morgan fingerprint density at radius 2 is 1.27 bits per heavy atom. The second-order valence-corrected chi connectivity index (χ2v) is 9.73. The Kier molecular flexibility index (Phi) is 6.08. The number of hydrogen-bond acceptors (Lipinski definition) is 6. The number of anilines is 3. The third-order valence-corrected chi connectivity index (χ3v) is 7.23. The molecule has 0 aliphatic carbocycles. The van der Waals surface area contributed by atoms with Gasteiger partial charge in [0.1, 0.15) is 17.1 Å². The average Bonchev–Trinajstić information content (AvgIpc) is 3.36. The van der Waals surface area contributed by atoms with Crippen LogP contribution in [0.15, 0.2) is 115 Å². The van der Waals surface area contributed by atoms with Crippen LogP contribution in [0.1, 0.15) is 5.56 Å². The van der Waals surface area contributed by atoms with Crippen molar-refractivity contribution in [2.75, 3.05) is 14.7 Å². The SMILES string of the molecule is O=C1C(=O)N(c2cc(Cl)ccc2O)C2(C(=O)N(c3ccccc3)C(=O)N2c2ccccc2)/C1=C(\O)c1ccccc1. The van der Waals surface area contributed by atoms with Crippen LogP contribution < -0.4 is 14.7 Å². The first-order valence-corrected chi connectivity index (χ1v) is 12.8. The van der Waals surface area contributed by atoms with Gasteiger partial charge in [-0.2, -0.15) is 0 Å². The third kappa shape index (κ3) is 3.70. The quantitative estimate of drug-likeness (QED) is 0.150. The van der Waals surface area contributed by atoms with E-state index < -0.39 is 46.4 Å². The second-order valence-electron chi connectivity index (χ2n) is 9.29. The number of ketones is 1. The first-order valence-electron chi connectivity index (χ1n) is 12.4. The molecule has 0 bridgehead atoms. The molecule has 1 atom stereocenters. The summed E-state index contributed by atoms with van der Waals surface area (Å²) in [6.45, 7) is 0. The van der Waals surface area contributed by atoms with E-state index in [1.165, 1.54) is 54.6 Å². The number of aliphatic hydroxyl groups is 1. The minimum atomic E-state index is -2.58. The number of halogens is 1. The highest BCUT2D eigenvalue weighted by atomic mass is 35.5. The Hall–Kier alpha value is -5.41. The normalized spacial score (nSPS) is 20.0. The fraction of sp³-hybridized carbons (Fsp3) is 0.0323. The lowest BCUT2D eigenvalue weighted by atomic mass is 9.92. The zero-order chi connectivity index (χ0) is 28.9. The van der Waals surface area contributed by atoms with Crippen LogP contribution >= 0.6 is 11.6 Å². The molecule has 10 heteroatoms. The van der Waals surface area contributed by atoms with Crippen LogP contribution in [-0.4, -0.2) is 39.5 Å². The third-order valence-electron chi connectivity index (χ3n) is 7.00. The summed E-state index contributed by atoms with van der Waals surface area (Å²) in [7, 11) is 0. The molecule has 0 radical (unpaired) electrons. The number of urea groups is 1. The van der Waals surface area contributed by atoms with Gasteiger partial charge in [-0.3, -0.25) is 24.2 Å². The lowest BCUT2D eigenvalue weighted by Crippen LogP contribution is -2.61. The summed E-state index contributed by atoms with van der Waals surface area (Å²) in [5.41, 5.74) is -3.08. The average molecular weight is 566 g/mol. The fourth-order valence-corrected chi connectivity index (χ4v) is 5.43.